The van der Waals surface area contributed by atoms with E-state index in [2.05, 4.69) is 21.5 Å². The van der Waals surface area contributed by atoms with Crippen LogP contribution in [0.2, 0.25) is 0 Å². The Morgan fingerprint density at radius 1 is 1.22 bits per heavy atom. The van der Waals surface area contributed by atoms with E-state index in [1.807, 2.05) is 4.90 Å². The molecule has 0 saturated carbocycles. The smallest absolute Gasteiger partial charge is 0.227 e. The molecule has 0 spiro atoms. The van der Waals surface area contributed by atoms with Crippen molar-refractivity contribution in [2.75, 3.05) is 18.4 Å². The third-order valence-electron chi connectivity index (χ3n) is 5.15. The number of rotatable bonds is 7. The summed E-state index contributed by atoms with van der Waals surface area (Å²) in [7, 11) is 0. The van der Waals surface area contributed by atoms with Crippen molar-refractivity contribution in [3.63, 3.8) is 0 Å². The lowest BCUT2D eigenvalue weighted by molar-refractivity contribution is -0.134. The second kappa shape index (κ2) is 8.21. The summed E-state index contributed by atoms with van der Waals surface area (Å²) < 4.78 is 0. The number of terminal acetylenes is 1. The van der Waals surface area contributed by atoms with E-state index >= 15 is 0 Å². The van der Waals surface area contributed by atoms with Crippen LogP contribution >= 0.6 is 0 Å². The predicted octanol–water partition coefficient (Wildman–Crippen LogP) is 2.93. The van der Waals surface area contributed by atoms with Crippen molar-refractivity contribution in [2.45, 2.75) is 44.2 Å². The van der Waals surface area contributed by atoms with E-state index in [9.17, 15) is 14.7 Å². The highest BCUT2D eigenvalue weighted by Crippen LogP contribution is 2.37. The molecule has 0 unspecified atom stereocenters. The number of nitrogens with zero attached hydrogens (tertiary/aromatic N) is 3. The molecule has 2 N–H and O–H groups in total. The number of anilines is 1. The first-order chi connectivity index (χ1) is 13.0. The lowest BCUT2D eigenvalue weighted by Gasteiger charge is -2.31. The number of carbonyl (C=O) groups excluding carboxylic acids is 2. The summed E-state index contributed by atoms with van der Waals surface area (Å²) >= 11 is 0. The number of phenols is 1. The van der Waals surface area contributed by atoms with Crippen LogP contribution in [-0.4, -0.2) is 40.6 Å². The Balaban J connectivity index is 1.40. The lowest BCUT2D eigenvalue weighted by atomic mass is 9.95. The molecule has 0 radical (unpaired) electrons. The molecule has 2 aliphatic rings. The number of phenolic OH excluding ortho intramolecular Hbond substituents is 1. The summed E-state index contributed by atoms with van der Waals surface area (Å²) in [4.78, 5) is 26.6. The van der Waals surface area contributed by atoms with E-state index in [1.165, 1.54) is 12.1 Å². The fourth-order valence-electron chi connectivity index (χ4n) is 3.31. The highest BCUT2D eigenvalue weighted by molar-refractivity contribution is 5.92. The zero-order valence-corrected chi connectivity index (χ0v) is 15.2. The summed E-state index contributed by atoms with van der Waals surface area (Å²) in [5.74, 6) is 2.67. The highest BCUT2D eigenvalue weighted by Gasteiger charge is 2.40. The molecule has 0 aromatic heterocycles. The summed E-state index contributed by atoms with van der Waals surface area (Å²) in [6.45, 7) is 1.16. The fraction of sp³-hybridized carbons (Fsp3) is 0.500. The van der Waals surface area contributed by atoms with Gasteiger partial charge in [0.1, 0.15) is 5.75 Å². The Kier molecular flexibility index (Phi) is 5.75. The molecule has 0 bridgehead atoms. The summed E-state index contributed by atoms with van der Waals surface area (Å²) in [5.41, 5.74) is 0.232. The van der Waals surface area contributed by atoms with Crippen LogP contribution in [0.15, 0.2) is 34.5 Å². The van der Waals surface area contributed by atoms with Crippen LogP contribution in [0, 0.1) is 18.3 Å². The average molecular weight is 368 g/mol. The Hall–Kier alpha value is -2.88. The molecule has 0 atom stereocenters. The maximum Gasteiger partial charge on any atom is 0.227 e. The largest absolute Gasteiger partial charge is 0.508 e. The van der Waals surface area contributed by atoms with Gasteiger partial charge in [-0.25, -0.2) is 0 Å². The van der Waals surface area contributed by atoms with E-state index in [1.54, 1.807) is 12.1 Å². The third kappa shape index (κ3) is 5.07. The Morgan fingerprint density at radius 2 is 1.89 bits per heavy atom. The number of likely N-dealkylation sites (tertiary alicyclic amines) is 1. The molecule has 1 aromatic carbocycles. The zero-order chi connectivity index (χ0) is 19.3. The molecule has 0 aliphatic carbocycles. The van der Waals surface area contributed by atoms with Gasteiger partial charge in [0.2, 0.25) is 11.8 Å². The second-order valence-electron chi connectivity index (χ2n) is 7.08. The van der Waals surface area contributed by atoms with Crippen LogP contribution in [0.3, 0.4) is 0 Å². The third-order valence-corrected chi connectivity index (χ3v) is 5.15. The molecule has 142 valence electrons. The van der Waals surface area contributed by atoms with Gasteiger partial charge in [-0.15, -0.1) is 12.3 Å². The van der Waals surface area contributed by atoms with E-state index < -0.39 is 5.66 Å². The van der Waals surface area contributed by atoms with Crippen molar-refractivity contribution in [1.82, 2.24) is 4.90 Å². The number of carbonyl (C=O) groups is 2. The van der Waals surface area contributed by atoms with Crippen LogP contribution in [0.5, 0.6) is 5.75 Å². The van der Waals surface area contributed by atoms with Gasteiger partial charge < -0.3 is 15.3 Å². The standard InChI is InChI=1S/C20H24N4O3/c1-2-3-11-20(22-23-20)12-8-18(26)24-13-9-15(10-14-24)19(27)21-16-4-6-17(25)7-5-16/h1,4-7,15,25H,3,8-14H2,(H,21,27). The molecule has 27 heavy (non-hydrogen) atoms. The first-order valence-corrected chi connectivity index (χ1v) is 9.26. The quantitative estimate of drug-likeness (QED) is 0.572. The minimum Gasteiger partial charge on any atom is -0.508 e. The Bertz CT molecular complexity index is 752. The van der Waals surface area contributed by atoms with Gasteiger partial charge in [0.05, 0.1) is 0 Å². The van der Waals surface area contributed by atoms with Gasteiger partial charge in [-0.3, -0.25) is 9.59 Å². The Morgan fingerprint density at radius 3 is 2.48 bits per heavy atom. The van der Waals surface area contributed by atoms with Crippen LogP contribution in [-0.2, 0) is 9.59 Å². The topological polar surface area (TPSA) is 94.4 Å². The van der Waals surface area contributed by atoms with E-state index in [0.29, 0.717) is 57.3 Å². The molecule has 7 nitrogen and oxygen atoms in total. The fourth-order valence-corrected chi connectivity index (χ4v) is 3.31. The normalized spacial score (nSPS) is 18.0. The second-order valence-corrected chi connectivity index (χ2v) is 7.08. The zero-order valence-electron chi connectivity index (χ0n) is 15.2. The predicted molar refractivity (Wildman–Crippen MR) is 101 cm³/mol. The van der Waals surface area contributed by atoms with Crippen molar-refractivity contribution >= 4 is 17.5 Å². The van der Waals surface area contributed by atoms with Gasteiger partial charge in [0.15, 0.2) is 5.66 Å². The molecular formula is C20H24N4O3. The highest BCUT2D eigenvalue weighted by atomic mass is 16.3. The van der Waals surface area contributed by atoms with Gasteiger partial charge in [-0.05, 0) is 37.1 Å². The van der Waals surface area contributed by atoms with Crippen LogP contribution in [0.1, 0.15) is 38.5 Å². The number of aromatic hydroxyl groups is 1. The average Bonchev–Trinajstić information content (AvgIpc) is 3.46. The van der Waals surface area contributed by atoms with Crippen LogP contribution in [0.4, 0.5) is 5.69 Å². The van der Waals surface area contributed by atoms with Crippen LogP contribution in [0.25, 0.3) is 0 Å². The van der Waals surface area contributed by atoms with Crippen molar-refractivity contribution in [2.24, 2.45) is 16.1 Å². The molecule has 3 rings (SSSR count). The first kappa shape index (κ1) is 18.9. The van der Waals surface area contributed by atoms with Crippen LogP contribution < -0.4 is 5.32 Å². The molecule has 7 heteroatoms. The van der Waals surface area contributed by atoms with E-state index in [-0.39, 0.29) is 23.5 Å². The minimum absolute atomic E-state index is 0.0448. The molecule has 2 amide bonds. The van der Waals surface area contributed by atoms with Crippen molar-refractivity contribution in [3.8, 4) is 18.1 Å². The molecule has 1 aromatic rings. The Labute approximate surface area is 158 Å². The maximum atomic E-state index is 12.4. The van der Waals surface area contributed by atoms with Crippen molar-refractivity contribution < 1.29 is 14.7 Å². The van der Waals surface area contributed by atoms with Gasteiger partial charge in [0.25, 0.3) is 0 Å². The summed E-state index contributed by atoms with van der Waals surface area (Å²) in [6, 6.07) is 6.39. The van der Waals surface area contributed by atoms with Crippen molar-refractivity contribution in [1.29, 1.82) is 0 Å². The monoisotopic (exact) mass is 368 g/mol. The summed E-state index contributed by atoms with van der Waals surface area (Å²) in [6.07, 6.45) is 8.90. The molecule has 2 heterocycles. The SMILES string of the molecule is C#CCCC1(CCC(=O)N2CCC(C(=O)Nc3ccc(O)cc3)CC2)N=N1. The van der Waals surface area contributed by atoms with Gasteiger partial charge in [-0.2, -0.15) is 10.2 Å². The lowest BCUT2D eigenvalue weighted by Crippen LogP contribution is -2.41. The minimum atomic E-state index is -0.426. The number of nitrogens with one attached hydrogen (secondary N) is 1. The number of benzene rings is 1. The molecule has 1 saturated heterocycles. The molecule has 2 aliphatic heterocycles. The number of hydrogen-bond acceptors (Lipinski definition) is 5. The van der Waals surface area contributed by atoms with E-state index in [0.717, 1.165) is 0 Å². The summed E-state index contributed by atoms with van der Waals surface area (Å²) in [5, 5.41) is 20.3. The number of amides is 2. The van der Waals surface area contributed by atoms with Gasteiger partial charge >= 0.3 is 0 Å². The van der Waals surface area contributed by atoms with Gasteiger partial charge in [-0.1, -0.05) is 0 Å². The molecular weight excluding hydrogens is 344 g/mol. The number of piperidine rings is 1. The van der Waals surface area contributed by atoms with E-state index in [4.69, 9.17) is 6.42 Å². The van der Waals surface area contributed by atoms with Crippen molar-refractivity contribution in [3.05, 3.63) is 24.3 Å². The molecule has 1 fully saturated rings. The van der Waals surface area contributed by atoms with Gasteiger partial charge in [0, 0.05) is 50.4 Å². The first-order valence-electron chi connectivity index (χ1n) is 9.26. The maximum absolute atomic E-state index is 12.4. The number of hydrogen-bond donors (Lipinski definition) is 2.